The van der Waals surface area contributed by atoms with Crippen molar-refractivity contribution in [2.45, 2.75) is 0 Å². The normalized spacial score (nSPS) is 10.7. The van der Waals surface area contributed by atoms with Gasteiger partial charge in [0.15, 0.2) is 0 Å². The van der Waals surface area contributed by atoms with Gasteiger partial charge in [-0.3, -0.25) is 0 Å². The van der Waals surface area contributed by atoms with Gasteiger partial charge in [-0.2, -0.15) is 0 Å². The van der Waals surface area contributed by atoms with Gasteiger partial charge in [0.1, 0.15) is 5.82 Å². The number of halogens is 2. The van der Waals surface area contributed by atoms with Crippen molar-refractivity contribution in [3.05, 3.63) is 41.7 Å². The molecule has 11 heavy (non-hydrogen) atoms. The van der Waals surface area contributed by atoms with E-state index in [1.807, 2.05) is 0 Å². The van der Waals surface area contributed by atoms with Gasteiger partial charge in [0.2, 0.25) is 0 Å². The summed E-state index contributed by atoms with van der Waals surface area (Å²) in [5.41, 5.74) is 0.577. The number of benzene rings is 1. The fraction of sp³-hybridized carbons (Fsp3) is 0.111. The van der Waals surface area contributed by atoms with E-state index in [-0.39, 0.29) is 5.82 Å². The van der Waals surface area contributed by atoms with Crippen LogP contribution in [-0.4, -0.2) is 5.88 Å². The Labute approximate surface area is 70.3 Å². The molecule has 0 amide bonds. The van der Waals surface area contributed by atoms with Crippen LogP contribution in [0.25, 0.3) is 6.08 Å². The second-order valence-electron chi connectivity index (χ2n) is 2.08. The van der Waals surface area contributed by atoms with E-state index in [1.54, 1.807) is 30.4 Å². The van der Waals surface area contributed by atoms with Crippen LogP contribution in [0.3, 0.4) is 0 Å². The molecular formula is C9H8ClF. The molecule has 0 spiro atoms. The Morgan fingerprint density at radius 3 is 2.73 bits per heavy atom. The molecule has 0 aromatic heterocycles. The summed E-state index contributed by atoms with van der Waals surface area (Å²) < 4.78 is 12.8. The monoisotopic (exact) mass is 170 g/mol. The molecule has 0 N–H and O–H groups in total. The first-order valence-corrected chi connectivity index (χ1v) is 3.85. The van der Waals surface area contributed by atoms with Gasteiger partial charge in [0.25, 0.3) is 0 Å². The van der Waals surface area contributed by atoms with Crippen molar-refractivity contribution in [2.75, 3.05) is 5.88 Å². The standard InChI is InChI=1S/C9H8ClF/c10-7-3-5-8-4-1-2-6-9(8)11/h1-6H,7H2. The summed E-state index contributed by atoms with van der Waals surface area (Å²) in [6, 6.07) is 6.58. The molecular weight excluding hydrogens is 163 g/mol. The Kier molecular flexibility index (Phi) is 3.12. The SMILES string of the molecule is Fc1ccccc1C=CCCl. The van der Waals surface area contributed by atoms with E-state index in [9.17, 15) is 4.39 Å². The molecule has 58 valence electrons. The molecule has 0 nitrogen and oxygen atoms in total. The lowest BCUT2D eigenvalue weighted by Crippen LogP contribution is -1.78. The smallest absolute Gasteiger partial charge is 0.130 e. The van der Waals surface area contributed by atoms with Gasteiger partial charge in [-0.25, -0.2) is 4.39 Å². The van der Waals surface area contributed by atoms with Gasteiger partial charge >= 0.3 is 0 Å². The second kappa shape index (κ2) is 4.14. The molecule has 0 aliphatic rings. The van der Waals surface area contributed by atoms with Crippen molar-refractivity contribution in [1.82, 2.24) is 0 Å². The molecule has 0 unspecified atom stereocenters. The van der Waals surface area contributed by atoms with Crippen molar-refractivity contribution in [3.63, 3.8) is 0 Å². The zero-order valence-corrected chi connectivity index (χ0v) is 6.68. The summed E-state index contributed by atoms with van der Waals surface area (Å²) in [5.74, 6) is 0.197. The maximum Gasteiger partial charge on any atom is 0.130 e. The highest BCUT2D eigenvalue weighted by Gasteiger charge is 1.93. The first kappa shape index (κ1) is 8.28. The largest absolute Gasteiger partial charge is 0.206 e. The molecule has 0 heterocycles. The lowest BCUT2D eigenvalue weighted by Gasteiger charge is -1.93. The van der Waals surface area contributed by atoms with Crippen LogP contribution in [0.5, 0.6) is 0 Å². The predicted octanol–water partition coefficient (Wildman–Crippen LogP) is 3.08. The molecule has 2 heteroatoms. The fourth-order valence-electron chi connectivity index (χ4n) is 0.782. The van der Waals surface area contributed by atoms with Crippen molar-refractivity contribution in [3.8, 4) is 0 Å². The third-order valence-corrected chi connectivity index (χ3v) is 1.47. The minimum absolute atomic E-state index is 0.214. The van der Waals surface area contributed by atoms with Crippen molar-refractivity contribution in [1.29, 1.82) is 0 Å². The van der Waals surface area contributed by atoms with E-state index in [0.29, 0.717) is 11.4 Å². The van der Waals surface area contributed by atoms with E-state index < -0.39 is 0 Å². The molecule has 0 aliphatic heterocycles. The van der Waals surface area contributed by atoms with Crippen LogP contribution in [0.4, 0.5) is 4.39 Å². The summed E-state index contributed by atoms with van der Waals surface area (Å²) in [5, 5.41) is 0. The van der Waals surface area contributed by atoms with Gasteiger partial charge in [-0.1, -0.05) is 30.4 Å². The average molecular weight is 171 g/mol. The molecule has 1 aromatic carbocycles. The fourth-order valence-corrected chi connectivity index (χ4v) is 0.871. The average Bonchev–Trinajstić information content (AvgIpc) is 2.03. The summed E-state index contributed by atoms with van der Waals surface area (Å²) in [6.45, 7) is 0. The number of alkyl halides is 1. The topological polar surface area (TPSA) is 0 Å². The van der Waals surface area contributed by atoms with E-state index in [4.69, 9.17) is 11.6 Å². The number of hydrogen-bond donors (Lipinski definition) is 0. The maximum absolute atomic E-state index is 12.8. The van der Waals surface area contributed by atoms with Crippen LogP contribution in [0.1, 0.15) is 5.56 Å². The van der Waals surface area contributed by atoms with Crippen molar-refractivity contribution in [2.24, 2.45) is 0 Å². The lowest BCUT2D eigenvalue weighted by atomic mass is 10.2. The third-order valence-electron chi connectivity index (χ3n) is 1.29. The number of rotatable bonds is 2. The minimum atomic E-state index is -0.214. The van der Waals surface area contributed by atoms with Crippen LogP contribution in [0, 0.1) is 5.82 Å². The maximum atomic E-state index is 12.8. The van der Waals surface area contributed by atoms with Crippen molar-refractivity contribution < 1.29 is 4.39 Å². The molecule has 1 rings (SSSR count). The number of allylic oxidation sites excluding steroid dienone is 1. The van der Waals surface area contributed by atoms with Gasteiger partial charge < -0.3 is 0 Å². The summed E-state index contributed by atoms with van der Waals surface area (Å²) in [7, 11) is 0. The van der Waals surface area contributed by atoms with E-state index in [1.165, 1.54) is 6.07 Å². The quantitative estimate of drug-likeness (QED) is 0.599. The van der Waals surface area contributed by atoms with E-state index in [0.717, 1.165) is 0 Å². The Hall–Kier alpha value is -0.820. The highest BCUT2D eigenvalue weighted by molar-refractivity contribution is 6.19. The Morgan fingerprint density at radius 1 is 1.36 bits per heavy atom. The Bertz CT molecular complexity index is 255. The summed E-state index contributed by atoms with van der Waals surface area (Å²) >= 11 is 5.39. The summed E-state index contributed by atoms with van der Waals surface area (Å²) in [4.78, 5) is 0. The van der Waals surface area contributed by atoms with Crippen LogP contribution in [0.15, 0.2) is 30.3 Å². The van der Waals surface area contributed by atoms with Gasteiger partial charge in [-0.15, -0.1) is 11.6 Å². The van der Waals surface area contributed by atoms with Gasteiger partial charge in [0, 0.05) is 11.4 Å². The first-order valence-electron chi connectivity index (χ1n) is 3.31. The highest BCUT2D eigenvalue weighted by Crippen LogP contribution is 2.07. The van der Waals surface area contributed by atoms with Gasteiger partial charge in [-0.05, 0) is 6.07 Å². The van der Waals surface area contributed by atoms with Gasteiger partial charge in [0.05, 0.1) is 0 Å². The molecule has 0 atom stereocenters. The zero-order chi connectivity index (χ0) is 8.10. The molecule has 1 aromatic rings. The van der Waals surface area contributed by atoms with Crippen LogP contribution in [0.2, 0.25) is 0 Å². The van der Waals surface area contributed by atoms with Crippen LogP contribution >= 0.6 is 11.6 Å². The van der Waals surface area contributed by atoms with Crippen LogP contribution in [-0.2, 0) is 0 Å². The third kappa shape index (κ3) is 2.35. The summed E-state index contributed by atoms with van der Waals surface area (Å²) in [6.07, 6.45) is 3.38. The minimum Gasteiger partial charge on any atom is -0.206 e. The number of hydrogen-bond acceptors (Lipinski definition) is 0. The zero-order valence-electron chi connectivity index (χ0n) is 5.93. The molecule has 0 saturated carbocycles. The van der Waals surface area contributed by atoms with E-state index >= 15 is 0 Å². The van der Waals surface area contributed by atoms with E-state index in [2.05, 4.69) is 0 Å². The molecule has 0 aliphatic carbocycles. The highest BCUT2D eigenvalue weighted by atomic mass is 35.5. The van der Waals surface area contributed by atoms with Crippen LogP contribution < -0.4 is 0 Å². The molecule has 0 bridgehead atoms. The lowest BCUT2D eigenvalue weighted by molar-refractivity contribution is 0.625. The molecule has 0 radical (unpaired) electrons. The Balaban J connectivity index is 2.86. The first-order chi connectivity index (χ1) is 5.34. The Morgan fingerprint density at radius 2 is 2.09 bits per heavy atom. The second-order valence-corrected chi connectivity index (χ2v) is 2.39. The predicted molar refractivity (Wildman–Crippen MR) is 46.2 cm³/mol. The molecule has 0 fully saturated rings. The van der Waals surface area contributed by atoms with Crippen molar-refractivity contribution >= 4 is 17.7 Å². The molecule has 0 saturated heterocycles.